The first-order valence-electron chi connectivity index (χ1n) is 8.63. The summed E-state index contributed by atoms with van der Waals surface area (Å²) in [4.78, 5) is 23.5. The molecule has 1 aliphatic rings. The summed E-state index contributed by atoms with van der Waals surface area (Å²) in [5.41, 5.74) is 0.502. The maximum absolute atomic E-state index is 12.1. The van der Waals surface area contributed by atoms with Crippen LogP contribution in [0.5, 0.6) is 0 Å². The summed E-state index contributed by atoms with van der Waals surface area (Å²) >= 11 is 0. The van der Waals surface area contributed by atoms with E-state index in [1.807, 2.05) is 20.0 Å². The highest BCUT2D eigenvalue weighted by Crippen LogP contribution is 2.35. The molecule has 138 valence electrons. The summed E-state index contributed by atoms with van der Waals surface area (Å²) in [5.74, 6) is -0.326. The van der Waals surface area contributed by atoms with Gasteiger partial charge < -0.3 is 19.5 Å². The molecule has 6 heteroatoms. The van der Waals surface area contributed by atoms with Crippen LogP contribution in [-0.4, -0.2) is 44.5 Å². The minimum Gasteiger partial charge on any atom is -0.459 e. The third kappa shape index (κ3) is 5.03. The Morgan fingerprint density at radius 2 is 1.84 bits per heavy atom. The second-order valence-corrected chi connectivity index (χ2v) is 6.56. The molecule has 1 aliphatic heterocycles. The maximum atomic E-state index is 12.1. The third-order valence-electron chi connectivity index (χ3n) is 4.79. The molecular weight excluding hydrogens is 322 g/mol. The average Bonchev–Trinajstić information content (AvgIpc) is 2.60. The van der Waals surface area contributed by atoms with Gasteiger partial charge in [0.1, 0.15) is 6.61 Å². The first kappa shape index (κ1) is 19.4. The molecule has 1 aromatic carbocycles. The molecule has 1 N–H and O–H groups in total. The second-order valence-electron chi connectivity index (χ2n) is 6.56. The third-order valence-corrected chi connectivity index (χ3v) is 4.79. The van der Waals surface area contributed by atoms with Crippen LogP contribution in [0, 0.1) is 17.8 Å². The number of carbonyl (C=O) groups excluding carboxylic acids is 2. The summed E-state index contributed by atoms with van der Waals surface area (Å²) in [7, 11) is 1.89. The van der Waals surface area contributed by atoms with Gasteiger partial charge >= 0.3 is 11.9 Å². The Hall–Kier alpha value is -1.92. The Labute approximate surface area is 148 Å². The Morgan fingerprint density at radius 1 is 1.16 bits per heavy atom. The lowest BCUT2D eigenvalue weighted by molar-refractivity contribution is -0.247. The maximum Gasteiger partial charge on any atom is 0.338 e. The predicted octanol–water partition coefficient (Wildman–Crippen LogP) is 2.24. The fourth-order valence-electron chi connectivity index (χ4n) is 3.29. The van der Waals surface area contributed by atoms with Crippen LogP contribution in [0.4, 0.5) is 0 Å². The van der Waals surface area contributed by atoms with Crippen LogP contribution >= 0.6 is 0 Å². The average molecular weight is 349 g/mol. The lowest BCUT2D eigenvalue weighted by Crippen LogP contribution is -2.51. The van der Waals surface area contributed by atoms with Crippen LogP contribution in [-0.2, 0) is 19.0 Å². The van der Waals surface area contributed by atoms with E-state index < -0.39 is 6.29 Å². The van der Waals surface area contributed by atoms with E-state index in [2.05, 4.69) is 12.2 Å². The van der Waals surface area contributed by atoms with Gasteiger partial charge in [-0.25, -0.2) is 4.79 Å². The van der Waals surface area contributed by atoms with E-state index in [0.717, 1.165) is 6.54 Å². The molecular formula is C19H27NO5. The van der Waals surface area contributed by atoms with Crippen molar-refractivity contribution in [2.45, 2.75) is 33.2 Å². The fraction of sp³-hybridized carbons (Fsp3) is 0.579. The number of nitrogens with one attached hydrogen (secondary N) is 1. The molecule has 25 heavy (non-hydrogen) atoms. The van der Waals surface area contributed by atoms with Crippen LogP contribution < -0.4 is 5.32 Å². The molecule has 0 aliphatic carbocycles. The molecule has 1 heterocycles. The second kappa shape index (κ2) is 8.97. The van der Waals surface area contributed by atoms with Crippen molar-refractivity contribution in [2.75, 3.05) is 20.2 Å². The van der Waals surface area contributed by atoms with E-state index in [9.17, 15) is 9.59 Å². The highest BCUT2D eigenvalue weighted by Gasteiger charge is 2.43. The van der Waals surface area contributed by atoms with Gasteiger partial charge in [0.25, 0.3) is 0 Å². The molecule has 0 bridgehead atoms. The number of ether oxygens (including phenoxy) is 3. The summed E-state index contributed by atoms with van der Waals surface area (Å²) in [6.45, 7) is 6.35. The lowest BCUT2D eigenvalue weighted by Gasteiger charge is -2.43. The van der Waals surface area contributed by atoms with Crippen molar-refractivity contribution in [3.8, 4) is 0 Å². The zero-order valence-electron chi connectivity index (χ0n) is 15.2. The van der Waals surface area contributed by atoms with Crippen molar-refractivity contribution >= 4 is 11.9 Å². The summed E-state index contributed by atoms with van der Waals surface area (Å²) in [6, 6.07) is 8.84. The van der Waals surface area contributed by atoms with Crippen molar-refractivity contribution in [2.24, 2.45) is 17.8 Å². The predicted molar refractivity (Wildman–Crippen MR) is 92.9 cm³/mol. The van der Waals surface area contributed by atoms with E-state index >= 15 is 0 Å². The first-order chi connectivity index (χ1) is 11.9. The first-order valence-corrected chi connectivity index (χ1v) is 8.63. The summed E-state index contributed by atoms with van der Waals surface area (Å²) < 4.78 is 16.7. The highest BCUT2D eigenvalue weighted by atomic mass is 16.7. The van der Waals surface area contributed by atoms with Gasteiger partial charge in [0.2, 0.25) is 6.29 Å². The molecule has 1 aromatic rings. The van der Waals surface area contributed by atoms with Crippen molar-refractivity contribution in [3.05, 3.63) is 35.9 Å². The van der Waals surface area contributed by atoms with Crippen LogP contribution in [0.25, 0.3) is 0 Å². The van der Waals surface area contributed by atoms with E-state index in [4.69, 9.17) is 14.2 Å². The molecule has 1 saturated heterocycles. The fourth-order valence-corrected chi connectivity index (χ4v) is 3.29. The van der Waals surface area contributed by atoms with E-state index in [1.54, 1.807) is 24.3 Å². The van der Waals surface area contributed by atoms with Gasteiger partial charge in [0.05, 0.1) is 11.7 Å². The summed E-state index contributed by atoms with van der Waals surface area (Å²) in [5, 5.41) is 3.18. The lowest BCUT2D eigenvalue weighted by atomic mass is 9.77. The minimum atomic E-state index is -0.632. The molecule has 1 fully saturated rings. The molecule has 0 saturated carbocycles. The van der Waals surface area contributed by atoms with Crippen LogP contribution in [0.15, 0.2) is 30.3 Å². The van der Waals surface area contributed by atoms with Gasteiger partial charge in [-0.05, 0) is 37.6 Å². The van der Waals surface area contributed by atoms with Gasteiger partial charge in [-0.2, -0.15) is 0 Å². The number of benzene rings is 1. The quantitative estimate of drug-likeness (QED) is 0.794. The van der Waals surface area contributed by atoms with Crippen molar-refractivity contribution in [1.82, 2.24) is 5.32 Å². The minimum absolute atomic E-state index is 0.0485. The molecule has 0 amide bonds. The SMILES string of the molecule is CNC[C@H]1C(C)C(OC(C)=O)OC(COC(=O)c2ccccc2)[C@H]1C. The molecule has 0 aromatic heterocycles. The highest BCUT2D eigenvalue weighted by molar-refractivity contribution is 5.89. The monoisotopic (exact) mass is 349 g/mol. The molecule has 6 nitrogen and oxygen atoms in total. The molecule has 3 unspecified atom stereocenters. The van der Waals surface area contributed by atoms with Gasteiger partial charge in [0, 0.05) is 12.8 Å². The summed E-state index contributed by atoms with van der Waals surface area (Å²) in [6.07, 6.45) is -0.959. The van der Waals surface area contributed by atoms with E-state index in [0.29, 0.717) is 5.56 Å². The molecule has 0 radical (unpaired) electrons. The van der Waals surface area contributed by atoms with Gasteiger partial charge in [-0.3, -0.25) is 4.79 Å². The zero-order chi connectivity index (χ0) is 18.4. The Balaban J connectivity index is 2.04. The number of esters is 2. The standard InChI is InChI=1S/C19H27NO5/c1-12-16(10-20-4)13(2)19(24-14(3)21)25-17(12)11-23-18(22)15-8-6-5-7-9-15/h5-9,12-13,16-17,19-20H,10-11H2,1-4H3/t12-,13?,16+,17?,19?/m0/s1. The molecule has 2 rings (SSSR count). The number of rotatable bonds is 6. The van der Waals surface area contributed by atoms with Crippen LogP contribution in [0.1, 0.15) is 31.1 Å². The zero-order valence-corrected chi connectivity index (χ0v) is 15.2. The molecule has 5 atom stereocenters. The van der Waals surface area contributed by atoms with Crippen molar-refractivity contribution in [3.63, 3.8) is 0 Å². The number of hydrogen-bond donors (Lipinski definition) is 1. The van der Waals surface area contributed by atoms with Gasteiger partial charge in [-0.1, -0.05) is 32.0 Å². The Bertz CT molecular complexity index is 576. The Morgan fingerprint density at radius 3 is 2.44 bits per heavy atom. The van der Waals surface area contributed by atoms with Gasteiger partial charge in [-0.15, -0.1) is 0 Å². The van der Waals surface area contributed by atoms with Crippen LogP contribution in [0.3, 0.4) is 0 Å². The smallest absolute Gasteiger partial charge is 0.338 e. The van der Waals surface area contributed by atoms with Crippen LogP contribution in [0.2, 0.25) is 0 Å². The van der Waals surface area contributed by atoms with Crippen molar-refractivity contribution < 1.29 is 23.8 Å². The van der Waals surface area contributed by atoms with Gasteiger partial charge in [0.15, 0.2) is 0 Å². The van der Waals surface area contributed by atoms with E-state index in [-0.39, 0.29) is 42.4 Å². The normalized spacial score (nSPS) is 29.0. The topological polar surface area (TPSA) is 73.9 Å². The molecule has 0 spiro atoms. The number of carbonyl (C=O) groups is 2. The number of hydrogen-bond acceptors (Lipinski definition) is 6. The van der Waals surface area contributed by atoms with Crippen molar-refractivity contribution in [1.29, 1.82) is 0 Å². The van der Waals surface area contributed by atoms with E-state index in [1.165, 1.54) is 6.92 Å². The largest absolute Gasteiger partial charge is 0.459 e. The Kier molecular flexibility index (Phi) is 6.96.